The highest BCUT2D eigenvalue weighted by molar-refractivity contribution is 4.90. The largest absolute Gasteiger partial charge is 0.312 e. The van der Waals surface area contributed by atoms with E-state index in [1.54, 1.807) is 0 Å². The minimum atomic E-state index is 0.249. The predicted molar refractivity (Wildman–Crippen MR) is 84.7 cm³/mol. The number of nitrogens with zero attached hydrogens (tertiary/aromatic N) is 2. The van der Waals surface area contributed by atoms with Crippen LogP contribution >= 0.6 is 0 Å². The van der Waals surface area contributed by atoms with Gasteiger partial charge in [-0.05, 0) is 68.0 Å². The first-order valence-corrected chi connectivity index (χ1v) is 7.82. The third kappa shape index (κ3) is 5.80. The lowest BCUT2D eigenvalue weighted by Crippen LogP contribution is -2.59. The number of hydrogen-bond acceptors (Lipinski definition) is 3. The molecule has 0 aromatic heterocycles. The number of piperazine rings is 1. The summed E-state index contributed by atoms with van der Waals surface area (Å²) in [4.78, 5) is 5.15. The summed E-state index contributed by atoms with van der Waals surface area (Å²) in [6, 6.07) is 0.703. The maximum atomic E-state index is 3.58. The zero-order valence-corrected chi connectivity index (χ0v) is 14.2. The Morgan fingerprint density at radius 3 is 2.37 bits per heavy atom. The molecule has 3 heteroatoms. The molecule has 1 atom stereocenters. The van der Waals surface area contributed by atoms with Crippen molar-refractivity contribution < 1.29 is 0 Å². The molecule has 3 nitrogen and oxygen atoms in total. The predicted octanol–water partition coefficient (Wildman–Crippen LogP) is 2.57. The minimum Gasteiger partial charge on any atom is -0.312 e. The van der Waals surface area contributed by atoms with Crippen molar-refractivity contribution in [3.8, 4) is 0 Å². The molecule has 0 aliphatic carbocycles. The van der Waals surface area contributed by atoms with Crippen LogP contribution < -0.4 is 5.32 Å². The molecule has 1 aliphatic heterocycles. The van der Waals surface area contributed by atoms with Gasteiger partial charge in [-0.25, -0.2) is 0 Å². The highest BCUT2D eigenvalue weighted by Crippen LogP contribution is 2.21. The molecule has 1 fully saturated rings. The summed E-state index contributed by atoms with van der Waals surface area (Å²) in [5.74, 6) is 0. The Morgan fingerprint density at radius 2 is 1.84 bits per heavy atom. The molecule has 0 radical (unpaired) electrons. The fraction of sp³-hybridized carbons (Fsp3) is 1.00. The van der Waals surface area contributed by atoms with Crippen LogP contribution in [0.15, 0.2) is 0 Å². The quantitative estimate of drug-likeness (QED) is 0.774. The second kappa shape index (κ2) is 6.55. The van der Waals surface area contributed by atoms with Crippen molar-refractivity contribution >= 4 is 0 Å². The summed E-state index contributed by atoms with van der Waals surface area (Å²) in [7, 11) is 2.25. The number of nitrogens with one attached hydrogen (secondary N) is 1. The first kappa shape index (κ1) is 16.9. The van der Waals surface area contributed by atoms with Gasteiger partial charge in [-0.3, -0.25) is 9.80 Å². The van der Waals surface area contributed by atoms with Gasteiger partial charge in [-0.1, -0.05) is 0 Å². The van der Waals surface area contributed by atoms with E-state index in [4.69, 9.17) is 0 Å². The summed E-state index contributed by atoms with van der Waals surface area (Å²) in [5, 5.41) is 3.58. The zero-order valence-electron chi connectivity index (χ0n) is 14.2. The maximum Gasteiger partial charge on any atom is 0.0277 e. The highest BCUT2D eigenvalue weighted by atomic mass is 15.3. The number of hydrogen-bond donors (Lipinski definition) is 1. The van der Waals surface area contributed by atoms with E-state index in [0.717, 1.165) is 6.54 Å². The van der Waals surface area contributed by atoms with E-state index in [1.807, 2.05) is 0 Å². The van der Waals surface area contributed by atoms with Gasteiger partial charge in [0.2, 0.25) is 0 Å². The molecule has 114 valence electrons. The summed E-state index contributed by atoms with van der Waals surface area (Å²) < 4.78 is 0. The van der Waals surface area contributed by atoms with Crippen LogP contribution in [0.3, 0.4) is 0 Å². The lowest BCUT2D eigenvalue weighted by atomic mass is 9.97. The topological polar surface area (TPSA) is 18.5 Å². The van der Waals surface area contributed by atoms with Crippen LogP contribution in [0.4, 0.5) is 0 Å². The second-order valence-corrected chi connectivity index (χ2v) is 7.87. The van der Waals surface area contributed by atoms with Gasteiger partial charge >= 0.3 is 0 Å². The van der Waals surface area contributed by atoms with Gasteiger partial charge < -0.3 is 5.32 Å². The molecule has 0 aromatic carbocycles. The van der Waals surface area contributed by atoms with Crippen LogP contribution in [0.1, 0.15) is 54.4 Å². The monoisotopic (exact) mass is 269 g/mol. The Hall–Kier alpha value is -0.120. The van der Waals surface area contributed by atoms with Crippen molar-refractivity contribution in [2.75, 3.05) is 33.2 Å². The van der Waals surface area contributed by atoms with Gasteiger partial charge in [0.1, 0.15) is 0 Å². The first-order chi connectivity index (χ1) is 8.62. The molecule has 0 bridgehead atoms. The van der Waals surface area contributed by atoms with Gasteiger partial charge in [0, 0.05) is 36.8 Å². The smallest absolute Gasteiger partial charge is 0.0277 e. The van der Waals surface area contributed by atoms with E-state index in [2.05, 4.69) is 63.7 Å². The molecule has 0 spiro atoms. The lowest BCUT2D eigenvalue weighted by molar-refractivity contribution is 0.0184. The average Bonchev–Trinajstić information content (AvgIpc) is 2.26. The third-order valence-electron chi connectivity index (χ3n) is 4.42. The van der Waals surface area contributed by atoms with E-state index in [0.29, 0.717) is 11.6 Å². The summed E-state index contributed by atoms with van der Waals surface area (Å²) >= 11 is 0. The molecular formula is C16H35N3. The number of rotatable bonds is 5. The number of likely N-dealkylation sites (N-methyl/N-ethyl adjacent to an activating group) is 1. The fourth-order valence-electron chi connectivity index (χ4n) is 2.70. The Balaban J connectivity index is 2.28. The summed E-state index contributed by atoms with van der Waals surface area (Å²) in [6.45, 7) is 18.5. The second-order valence-electron chi connectivity index (χ2n) is 7.87. The third-order valence-corrected chi connectivity index (χ3v) is 4.42. The molecule has 0 saturated carbocycles. The molecule has 1 heterocycles. The van der Waals surface area contributed by atoms with Crippen molar-refractivity contribution in [1.29, 1.82) is 0 Å². The van der Waals surface area contributed by atoms with Crippen LogP contribution in [0.2, 0.25) is 0 Å². The van der Waals surface area contributed by atoms with Crippen molar-refractivity contribution in [1.82, 2.24) is 15.1 Å². The standard InChI is InChI=1S/C16H35N3/c1-14(9-8-10-17-15(2,3)4)19-12-11-18(7)16(5,6)13-19/h14,17H,8-13H2,1-7H3. The van der Waals surface area contributed by atoms with Crippen LogP contribution in [0, 0.1) is 0 Å². The zero-order chi connectivity index (χ0) is 14.7. The van der Waals surface area contributed by atoms with Crippen LogP contribution in [-0.4, -0.2) is 60.1 Å². The van der Waals surface area contributed by atoms with E-state index < -0.39 is 0 Å². The molecule has 1 saturated heterocycles. The Morgan fingerprint density at radius 1 is 1.21 bits per heavy atom. The molecule has 1 unspecified atom stereocenters. The fourth-order valence-corrected chi connectivity index (χ4v) is 2.70. The molecule has 1 aliphatic rings. The van der Waals surface area contributed by atoms with E-state index in [1.165, 1.54) is 32.5 Å². The molecular weight excluding hydrogens is 234 g/mol. The molecule has 0 aromatic rings. The van der Waals surface area contributed by atoms with Gasteiger partial charge in [0.25, 0.3) is 0 Å². The van der Waals surface area contributed by atoms with E-state index in [9.17, 15) is 0 Å². The molecule has 1 N–H and O–H groups in total. The summed E-state index contributed by atoms with van der Waals surface area (Å²) in [5.41, 5.74) is 0.565. The van der Waals surface area contributed by atoms with Crippen LogP contribution in [0.5, 0.6) is 0 Å². The Bertz CT molecular complexity index is 268. The van der Waals surface area contributed by atoms with Crippen molar-refractivity contribution in [3.05, 3.63) is 0 Å². The van der Waals surface area contributed by atoms with Gasteiger partial charge in [-0.2, -0.15) is 0 Å². The molecule has 1 rings (SSSR count). The van der Waals surface area contributed by atoms with Crippen LogP contribution in [-0.2, 0) is 0 Å². The first-order valence-electron chi connectivity index (χ1n) is 7.82. The normalized spacial score (nSPS) is 23.5. The van der Waals surface area contributed by atoms with E-state index >= 15 is 0 Å². The lowest BCUT2D eigenvalue weighted by Gasteiger charge is -2.47. The van der Waals surface area contributed by atoms with Gasteiger partial charge in [-0.15, -0.1) is 0 Å². The Labute approximate surface area is 120 Å². The maximum absolute atomic E-state index is 3.58. The van der Waals surface area contributed by atoms with Crippen molar-refractivity contribution in [2.24, 2.45) is 0 Å². The van der Waals surface area contributed by atoms with E-state index in [-0.39, 0.29) is 5.54 Å². The van der Waals surface area contributed by atoms with Crippen molar-refractivity contribution in [2.45, 2.75) is 71.5 Å². The average molecular weight is 269 g/mol. The Kier molecular flexibility index (Phi) is 5.84. The minimum absolute atomic E-state index is 0.249. The van der Waals surface area contributed by atoms with Gasteiger partial charge in [0.05, 0.1) is 0 Å². The highest BCUT2D eigenvalue weighted by Gasteiger charge is 2.32. The molecule has 19 heavy (non-hydrogen) atoms. The van der Waals surface area contributed by atoms with Crippen LogP contribution in [0.25, 0.3) is 0 Å². The molecule has 0 amide bonds. The van der Waals surface area contributed by atoms with Gasteiger partial charge in [0.15, 0.2) is 0 Å². The summed E-state index contributed by atoms with van der Waals surface area (Å²) in [6.07, 6.45) is 2.56. The SMILES string of the molecule is CC(CCCNC(C)(C)C)N1CCN(C)C(C)(C)C1. The van der Waals surface area contributed by atoms with Crippen molar-refractivity contribution in [3.63, 3.8) is 0 Å².